The molecule has 1 aromatic rings. The van der Waals surface area contributed by atoms with Gasteiger partial charge in [0.25, 0.3) is 0 Å². The van der Waals surface area contributed by atoms with Crippen molar-refractivity contribution in [1.82, 2.24) is 15.5 Å². The fourth-order valence-electron chi connectivity index (χ4n) is 2.83. The molecule has 2 N–H and O–H groups in total. The number of rotatable bonds is 6. The molecule has 1 aliphatic rings. The van der Waals surface area contributed by atoms with Gasteiger partial charge >= 0.3 is 6.03 Å². The average Bonchev–Trinajstić information content (AvgIpc) is 3.03. The summed E-state index contributed by atoms with van der Waals surface area (Å²) >= 11 is 0. The Morgan fingerprint density at radius 2 is 1.91 bits per heavy atom. The van der Waals surface area contributed by atoms with Crippen LogP contribution in [0.1, 0.15) is 20.3 Å². The molecule has 0 aliphatic carbocycles. The van der Waals surface area contributed by atoms with Gasteiger partial charge in [-0.25, -0.2) is 4.79 Å². The summed E-state index contributed by atoms with van der Waals surface area (Å²) in [5.74, 6) is -0.0533. The third-order valence-electron chi connectivity index (χ3n) is 4.16. The molecule has 23 heavy (non-hydrogen) atoms. The smallest absolute Gasteiger partial charge is 0.315 e. The zero-order valence-electron chi connectivity index (χ0n) is 13.9. The van der Waals surface area contributed by atoms with Crippen LogP contribution in [0, 0.1) is 0 Å². The van der Waals surface area contributed by atoms with Crippen molar-refractivity contribution in [2.24, 2.45) is 0 Å². The first kappa shape index (κ1) is 17.1. The van der Waals surface area contributed by atoms with Crippen LogP contribution in [-0.4, -0.2) is 55.6 Å². The highest BCUT2D eigenvalue weighted by Crippen LogP contribution is 2.19. The van der Waals surface area contributed by atoms with Gasteiger partial charge in [0.1, 0.15) is 0 Å². The Balaban J connectivity index is 1.73. The molecule has 126 valence electrons. The third-order valence-corrected chi connectivity index (χ3v) is 4.16. The van der Waals surface area contributed by atoms with E-state index in [0.29, 0.717) is 13.1 Å². The molecule has 6 nitrogen and oxygen atoms in total. The Kier molecular flexibility index (Phi) is 6.26. The number of carbonyl (C=O) groups excluding carboxylic acids is 2. The molecule has 6 heteroatoms. The Morgan fingerprint density at radius 3 is 2.57 bits per heavy atom. The summed E-state index contributed by atoms with van der Waals surface area (Å²) in [4.78, 5) is 27.8. The van der Waals surface area contributed by atoms with Crippen LogP contribution in [0.5, 0.6) is 0 Å². The summed E-state index contributed by atoms with van der Waals surface area (Å²) in [5, 5.41) is 5.60. The van der Waals surface area contributed by atoms with Gasteiger partial charge in [0, 0.05) is 37.9 Å². The van der Waals surface area contributed by atoms with Gasteiger partial charge in [-0.3, -0.25) is 4.79 Å². The number of carbonyl (C=O) groups is 2. The van der Waals surface area contributed by atoms with Crippen molar-refractivity contribution in [1.29, 1.82) is 0 Å². The second-order valence-electron chi connectivity index (χ2n) is 5.66. The third kappa shape index (κ3) is 4.87. The van der Waals surface area contributed by atoms with Crippen LogP contribution < -0.4 is 15.5 Å². The van der Waals surface area contributed by atoms with Crippen molar-refractivity contribution in [3.8, 4) is 0 Å². The minimum Gasteiger partial charge on any atom is -0.369 e. The molecule has 0 radical (unpaired) electrons. The standard InChI is InChI=1S/C17H26N4O2/c1-3-20(4-2)16(22)12-18-17(23)19-14-10-11-21(13-14)15-8-6-5-7-9-15/h5-9,14H,3-4,10-13H2,1-2H3,(H2,18,19,23)/t14-/m0/s1. The molecule has 3 amide bonds. The largest absolute Gasteiger partial charge is 0.369 e. The normalized spacial score (nSPS) is 17.0. The van der Waals surface area contributed by atoms with E-state index in [-0.39, 0.29) is 24.5 Å². The molecule has 1 fully saturated rings. The van der Waals surface area contributed by atoms with Gasteiger partial charge in [0.15, 0.2) is 0 Å². The van der Waals surface area contributed by atoms with Gasteiger partial charge in [-0.05, 0) is 32.4 Å². The maximum atomic E-state index is 11.9. The van der Waals surface area contributed by atoms with Crippen LogP contribution in [0.3, 0.4) is 0 Å². The number of para-hydroxylation sites is 1. The Morgan fingerprint density at radius 1 is 1.22 bits per heavy atom. The van der Waals surface area contributed by atoms with E-state index in [1.54, 1.807) is 4.90 Å². The first-order chi connectivity index (χ1) is 11.1. The number of nitrogens with zero attached hydrogens (tertiary/aromatic N) is 2. The molecule has 1 aliphatic heterocycles. The average molecular weight is 318 g/mol. The van der Waals surface area contributed by atoms with Crippen molar-refractivity contribution in [3.63, 3.8) is 0 Å². The quantitative estimate of drug-likeness (QED) is 0.834. The minimum absolute atomic E-state index is 0.0443. The van der Waals surface area contributed by atoms with E-state index in [1.807, 2.05) is 32.0 Å². The Bertz CT molecular complexity index is 517. The molecular weight excluding hydrogens is 292 g/mol. The maximum Gasteiger partial charge on any atom is 0.315 e. The predicted octanol–water partition coefficient (Wildman–Crippen LogP) is 1.43. The van der Waals surface area contributed by atoms with E-state index in [9.17, 15) is 9.59 Å². The molecule has 0 unspecified atom stereocenters. The Labute approximate surface area is 137 Å². The van der Waals surface area contributed by atoms with Crippen molar-refractivity contribution in [3.05, 3.63) is 30.3 Å². The predicted molar refractivity (Wildman–Crippen MR) is 91.5 cm³/mol. The van der Waals surface area contributed by atoms with Crippen LogP contribution in [0.25, 0.3) is 0 Å². The van der Waals surface area contributed by atoms with E-state index in [0.717, 1.165) is 19.5 Å². The topological polar surface area (TPSA) is 64.7 Å². The first-order valence-electron chi connectivity index (χ1n) is 8.26. The van der Waals surface area contributed by atoms with E-state index in [4.69, 9.17) is 0 Å². The summed E-state index contributed by atoms with van der Waals surface area (Å²) in [6, 6.07) is 10.0. The van der Waals surface area contributed by atoms with Crippen molar-refractivity contribution in [2.75, 3.05) is 37.6 Å². The number of hydrogen-bond acceptors (Lipinski definition) is 3. The molecule has 1 atom stereocenters. The zero-order valence-corrected chi connectivity index (χ0v) is 13.9. The van der Waals surface area contributed by atoms with Gasteiger partial charge in [0.05, 0.1) is 6.54 Å². The fourth-order valence-corrected chi connectivity index (χ4v) is 2.83. The number of nitrogens with one attached hydrogen (secondary N) is 2. The lowest BCUT2D eigenvalue weighted by Crippen LogP contribution is -2.47. The highest BCUT2D eigenvalue weighted by atomic mass is 16.2. The van der Waals surface area contributed by atoms with E-state index in [2.05, 4.69) is 27.7 Å². The van der Waals surface area contributed by atoms with Crippen molar-refractivity contribution < 1.29 is 9.59 Å². The molecule has 0 saturated carbocycles. The maximum absolute atomic E-state index is 11.9. The second-order valence-corrected chi connectivity index (χ2v) is 5.66. The first-order valence-corrected chi connectivity index (χ1v) is 8.26. The number of anilines is 1. The van der Waals surface area contributed by atoms with Gasteiger partial charge in [-0.2, -0.15) is 0 Å². The van der Waals surface area contributed by atoms with Crippen LogP contribution >= 0.6 is 0 Å². The molecule has 1 heterocycles. The Hall–Kier alpha value is -2.24. The monoisotopic (exact) mass is 318 g/mol. The van der Waals surface area contributed by atoms with Gasteiger partial charge in [-0.1, -0.05) is 18.2 Å². The summed E-state index contributed by atoms with van der Waals surface area (Å²) in [6.45, 7) is 6.94. The lowest BCUT2D eigenvalue weighted by molar-refractivity contribution is -0.129. The zero-order chi connectivity index (χ0) is 16.7. The summed E-state index contributed by atoms with van der Waals surface area (Å²) < 4.78 is 0. The van der Waals surface area contributed by atoms with Crippen molar-refractivity contribution >= 4 is 17.6 Å². The van der Waals surface area contributed by atoms with E-state index in [1.165, 1.54) is 5.69 Å². The van der Waals surface area contributed by atoms with Crippen LogP contribution in [0.4, 0.5) is 10.5 Å². The summed E-state index contributed by atoms with van der Waals surface area (Å²) in [5.41, 5.74) is 1.17. The molecule has 0 spiro atoms. The SMILES string of the molecule is CCN(CC)C(=O)CNC(=O)N[C@H]1CCN(c2ccccc2)C1. The number of benzene rings is 1. The van der Waals surface area contributed by atoms with Crippen LogP contribution in [0.2, 0.25) is 0 Å². The number of likely N-dealkylation sites (N-methyl/N-ethyl adjacent to an activating group) is 1. The number of amides is 3. The number of hydrogen-bond donors (Lipinski definition) is 2. The molecular formula is C17H26N4O2. The van der Waals surface area contributed by atoms with E-state index >= 15 is 0 Å². The molecule has 0 bridgehead atoms. The van der Waals surface area contributed by atoms with Crippen molar-refractivity contribution in [2.45, 2.75) is 26.3 Å². The molecule has 0 aromatic heterocycles. The van der Waals surface area contributed by atoms with Gasteiger partial charge < -0.3 is 20.4 Å². The van der Waals surface area contributed by atoms with Crippen LogP contribution in [0.15, 0.2) is 30.3 Å². The molecule has 1 aromatic carbocycles. The van der Waals surface area contributed by atoms with Crippen LogP contribution in [-0.2, 0) is 4.79 Å². The highest BCUT2D eigenvalue weighted by molar-refractivity contribution is 5.84. The lowest BCUT2D eigenvalue weighted by atomic mass is 10.3. The fraction of sp³-hybridized carbons (Fsp3) is 0.529. The summed E-state index contributed by atoms with van der Waals surface area (Å²) in [7, 11) is 0. The number of urea groups is 1. The molecule has 1 saturated heterocycles. The van der Waals surface area contributed by atoms with Gasteiger partial charge in [0.2, 0.25) is 5.91 Å². The lowest BCUT2D eigenvalue weighted by Gasteiger charge is -2.20. The minimum atomic E-state index is -0.273. The van der Waals surface area contributed by atoms with E-state index < -0.39 is 0 Å². The highest BCUT2D eigenvalue weighted by Gasteiger charge is 2.24. The molecule has 2 rings (SSSR count). The summed E-state index contributed by atoms with van der Waals surface area (Å²) in [6.07, 6.45) is 0.909. The second kappa shape index (κ2) is 8.41. The van der Waals surface area contributed by atoms with Gasteiger partial charge in [-0.15, -0.1) is 0 Å².